The van der Waals surface area contributed by atoms with Crippen LogP contribution < -0.4 is 10.6 Å². The maximum absolute atomic E-state index is 11.2. The van der Waals surface area contributed by atoms with Gasteiger partial charge in [-0.2, -0.15) is 0 Å². The largest absolute Gasteiger partial charge is 0.339 e. The Labute approximate surface area is 103 Å². The molecule has 0 radical (unpaired) electrons. The molecule has 4 N–H and O–H groups in total. The quantitative estimate of drug-likeness (QED) is 0.442. The Hall–Kier alpha value is 0.0400. The number of carbonyl (C=O) groups excluding carboxylic acids is 1. The zero-order valence-corrected chi connectivity index (χ0v) is 11.7. The molecule has 1 atom stereocenters. The van der Waals surface area contributed by atoms with Crippen LogP contribution in [0.2, 0.25) is 0 Å². The number of amides is 1. The molecule has 6 heteroatoms. The fourth-order valence-corrected chi connectivity index (χ4v) is 2.25. The van der Waals surface area contributed by atoms with Crippen LogP contribution in [0.25, 0.3) is 0 Å². The summed E-state index contributed by atoms with van der Waals surface area (Å²) in [4.78, 5) is 20.3. The van der Waals surface area contributed by atoms with Crippen LogP contribution in [-0.4, -0.2) is 10.8 Å². The van der Waals surface area contributed by atoms with Crippen molar-refractivity contribution in [3.8, 4) is 0 Å². The molecule has 0 aliphatic carbocycles. The van der Waals surface area contributed by atoms with E-state index in [-0.39, 0.29) is 5.91 Å². The Bertz CT molecular complexity index is 243. The van der Waals surface area contributed by atoms with E-state index in [1.807, 2.05) is 0 Å². The molecule has 0 fully saturated rings. The second-order valence-electron chi connectivity index (χ2n) is 4.03. The summed E-state index contributed by atoms with van der Waals surface area (Å²) >= 11 is 4.52. The Balaban J connectivity index is 3.32. The van der Waals surface area contributed by atoms with E-state index in [0.717, 1.165) is 12.8 Å². The topological polar surface area (TPSA) is 75.4 Å². The number of rotatable bonds is 9. The van der Waals surface area contributed by atoms with Gasteiger partial charge in [0.15, 0.2) is 0 Å². The van der Waals surface area contributed by atoms with Crippen LogP contribution in [0, 0.1) is 0 Å². The minimum atomic E-state index is -3.06. The fourth-order valence-electron chi connectivity index (χ4n) is 1.48. The van der Waals surface area contributed by atoms with Crippen LogP contribution in [0.5, 0.6) is 0 Å². The smallest absolute Gasteiger partial charge is 0.226 e. The van der Waals surface area contributed by atoms with Crippen molar-refractivity contribution >= 4 is 24.3 Å². The number of unbranched alkanes of at least 4 members (excludes halogenated alkanes) is 6. The third-order valence-electron chi connectivity index (χ3n) is 2.29. The lowest BCUT2D eigenvalue weighted by Gasteiger charge is -2.10. The molecule has 0 spiro atoms. The Morgan fingerprint density at radius 1 is 1.25 bits per heavy atom. The Morgan fingerprint density at radius 2 is 1.75 bits per heavy atom. The summed E-state index contributed by atoms with van der Waals surface area (Å²) in [5.41, 5.74) is 5.17. The van der Waals surface area contributed by atoms with E-state index in [1.165, 1.54) is 32.1 Å². The molecule has 1 unspecified atom stereocenters. The first-order valence-electron chi connectivity index (χ1n) is 5.88. The highest BCUT2D eigenvalue weighted by atomic mass is 32.4. The second-order valence-corrected chi connectivity index (χ2v) is 7.17. The summed E-state index contributed by atoms with van der Waals surface area (Å²) < 4.78 is 0. The van der Waals surface area contributed by atoms with Gasteiger partial charge >= 0.3 is 0 Å². The standard InChI is InChI=1S/C10H23N2O2PS/c1-2-3-4-5-6-7-8-9-10(13)12-15(11,14)16/h2-9H2,1H3,(H4,11,12,13,14,16). The predicted molar refractivity (Wildman–Crippen MR) is 71.4 cm³/mol. The second kappa shape index (κ2) is 9.11. The van der Waals surface area contributed by atoms with Gasteiger partial charge in [0.2, 0.25) is 12.5 Å². The van der Waals surface area contributed by atoms with Gasteiger partial charge in [-0.05, 0) is 18.2 Å². The van der Waals surface area contributed by atoms with Crippen LogP contribution >= 0.6 is 6.57 Å². The molecular formula is C10H23N2O2PS. The predicted octanol–water partition coefficient (Wildman–Crippen LogP) is 2.42. The molecule has 16 heavy (non-hydrogen) atoms. The number of nitrogens with two attached hydrogens (primary N) is 1. The molecule has 0 saturated heterocycles. The van der Waals surface area contributed by atoms with Crippen LogP contribution in [-0.2, 0) is 16.6 Å². The van der Waals surface area contributed by atoms with Crippen molar-refractivity contribution in [2.75, 3.05) is 0 Å². The maximum atomic E-state index is 11.2. The lowest BCUT2D eigenvalue weighted by molar-refractivity contribution is -0.119. The van der Waals surface area contributed by atoms with Crippen molar-refractivity contribution in [3.05, 3.63) is 0 Å². The molecule has 96 valence electrons. The summed E-state index contributed by atoms with van der Waals surface area (Å²) in [6.07, 6.45) is 8.53. The van der Waals surface area contributed by atoms with Gasteiger partial charge in [0.05, 0.1) is 0 Å². The van der Waals surface area contributed by atoms with E-state index < -0.39 is 6.57 Å². The summed E-state index contributed by atoms with van der Waals surface area (Å²) in [5.74, 6) is -0.234. The molecule has 0 aromatic rings. The summed E-state index contributed by atoms with van der Waals surface area (Å²) in [7, 11) is 0. The third-order valence-corrected chi connectivity index (χ3v) is 3.14. The molecule has 0 rings (SSSR count). The van der Waals surface area contributed by atoms with Gasteiger partial charge in [-0.3, -0.25) is 15.4 Å². The molecule has 0 saturated carbocycles. The molecule has 0 heterocycles. The number of nitrogens with one attached hydrogen (secondary N) is 1. The molecule has 4 nitrogen and oxygen atoms in total. The van der Waals surface area contributed by atoms with Crippen molar-refractivity contribution in [2.24, 2.45) is 5.50 Å². The molecule has 0 aliphatic rings. The van der Waals surface area contributed by atoms with Crippen LogP contribution in [0.3, 0.4) is 0 Å². The molecule has 0 aliphatic heterocycles. The third kappa shape index (κ3) is 12.1. The highest BCUT2D eigenvalue weighted by Crippen LogP contribution is 2.23. The lowest BCUT2D eigenvalue weighted by Crippen LogP contribution is -2.23. The van der Waals surface area contributed by atoms with Crippen molar-refractivity contribution in [3.63, 3.8) is 0 Å². The lowest BCUT2D eigenvalue weighted by atomic mass is 10.1. The minimum Gasteiger partial charge on any atom is -0.339 e. The van der Waals surface area contributed by atoms with E-state index >= 15 is 0 Å². The van der Waals surface area contributed by atoms with Gasteiger partial charge in [-0.1, -0.05) is 45.4 Å². The normalized spacial score (nSPS) is 14.4. The number of hydrogen-bond donors (Lipinski definition) is 3. The Morgan fingerprint density at radius 3 is 2.25 bits per heavy atom. The minimum absolute atomic E-state index is 0.234. The molecule has 0 aromatic heterocycles. The van der Waals surface area contributed by atoms with E-state index in [1.54, 1.807) is 0 Å². The van der Waals surface area contributed by atoms with Gasteiger partial charge in [-0.25, -0.2) is 0 Å². The van der Waals surface area contributed by atoms with Crippen molar-refractivity contribution in [1.29, 1.82) is 0 Å². The molecule has 0 aromatic carbocycles. The van der Waals surface area contributed by atoms with Crippen LogP contribution in [0.4, 0.5) is 0 Å². The average Bonchev–Trinajstić information content (AvgIpc) is 2.13. The maximum Gasteiger partial charge on any atom is 0.226 e. The highest BCUT2D eigenvalue weighted by Gasteiger charge is 2.09. The average molecular weight is 266 g/mol. The SMILES string of the molecule is CCCCCCCCCC(=O)NP(N)(O)=S. The van der Waals surface area contributed by atoms with Gasteiger partial charge in [0.1, 0.15) is 0 Å². The first-order valence-corrected chi connectivity index (χ1v) is 8.70. The summed E-state index contributed by atoms with van der Waals surface area (Å²) in [6.45, 7) is -0.868. The first kappa shape index (κ1) is 16.0. The van der Waals surface area contributed by atoms with Crippen LogP contribution in [0.15, 0.2) is 0 Å². The summed E-state index contributed by atoms with van der Waals surface area (Å²) in [5, 5.41) is 2.25. The highest BCUT2D eigenvalue weighted by molar-refractivity contribution is 8.09. The van der Waals surface area contributed by atoms with Crippen LogP contribution in [0.1, 0.15) is 58.3 Å². The fraction of sp³-hybridized carbons (Fsp3) is 0.900. The Kier molecular flexibility index (Phi) is 9.13. The number of hydrogen-bond acceptors (Lipinski definition) is 2. The van der Waals surface area contributed by atoms with Crippen molar-refractivity contribution in [1.82, 2.24) is 5.09 Å². The zero-order chi connectivity index (χ0) is 12.4. The van der Waals surface area contributed by atoms with Gasteiger partial charge in [0.25, 0.3) is 0 Å². The molecule has 0 bridgehead atoms. The van der Waals surface area contributed by atoms with Crippen molar-refractivity contribution in [2.45, 2.75) is 58.3 Å². The van der Waals surface area contributed by atoms with Gasteiger partial charge in [-0.15, -0.1) is 0 Å². The van der Waals surface area contributed by atoms with Crippen molar-refractivity contribution < 1.29 is 9.69 Å². The van der Waals surface area contributed by atoms with E-state index in [4.69, 9.17) is 10.4 Å². The van der Waals surface area contributed by atoms with E-state index in [9.17, 15) is 4.79 Å². The monoisotopic (exact) mass is 266 g/mol. The zero-order valence-electron chi connectivity index (χ0n) is 9.95. The number of carbonyl (C=O) groups is 1. The molecular weight excluding hydrogens is 243 g/mol. The van der Waals surface area contributed by atoms with Gasteiger partial charge < -0.3 is 4.89 Å². The van der Waals surface area contributed by atoms with E-state index in [2.05, 4.69) is 23.8 Å². The first-order chi connectivity index (χ1) is 7.45. The van der Waals surface area contributed by atoms with Gasteiger partial charge in [0, 0.05) is 6.42 Å². The summed E-state index contributed by atoms with van der Waals surface area (Å²) in [6, 6.07) is 0. The molecule has 1 amide bonds. The van der Waals surface area contributed by atoms with E-state index in [0.29, 0.717) is 6.42 Å².